The molecule has 0 spiro atoms. The summed E-state index contributed by atoms with van der Waals surface area (Å²) in [5.74, 6) is 0.332. The molecule has 0 saturated carbocycles. The van der Waals surface area contributed by atoms with E-state index in [9.17, 15) is 5.11 Å². The molecular formula is C10H10OS2. The maximum Gasteiger partial charge on any atom is 0.125 e. The van der Waals surface area contributed by atoms with Gasteiger partial charge in [0.1, 0.15) is 5.75 Å². The molecule has 3 heteroatoms. The van der Waals surface area contributed by atoms with Crippen LogP contribution in [0.15, 0.2) is 23.1 Å². The summed E-state index contributed by atoms with van der Waals surface area (Å²) in [7, 11) is 0. The Bertz CT molecular complexity index is 445. The Kier molecular flexibility index (Phi) is 2.22. The van der Waals surface area contributed by atoms with Crippen LogP contribution in [-0.4, -0.2) is 5.11 Å². The summed E-state index contributed by atoms with van der Waals surface area (Å²) in [5, 5.41) is 10.6. The van der Waals surface area contributed by atoms with Gasteiger partial charge in [0.25, 0.3) is 0 Å². The monoisotopic (exact) mass is 210 g/mol. The lowest BCUT2D eigenvalue weighted by molar-refractivity contribution is 0.480. The maximum atomic E-state index is 9.62. The fourth-order valence-electron chi connectivity index (χ4n) is 1.33. The van der Waals surface area contributed by atoms with Crippen molar-refractivity contribution >= 4 is 34.1 Å². The van der Waals surface area contributed by atoms with Gasteiger partial charge in [0.05, 0.1) is 0 Å². The molecule has 0 aliphatic carbocycles. The van der Waals surface area contributed by atoms with Crippen LogP contribution in [-0.2, 0) is 6.42 Å². The van der Waals surface area contributed by atoms with E-state index >= 15 is 0 Å². The molecule has 0 aliphatic rings. The standard InChI is InChI=1S/C10H10OS2/c1-2-7-5-8-9(11)3-6(12)4-10(8)13-7/h3-5,11-12H,2H2,1H3. The van der Waals surface area contributed by atoms with Gasteiger partial charge in [-0.15, -0.1) is 24.0 Å². The van der Waals surface area contributed by atoms with E-state index in [1.807, 2.05) is 12.1 Å². The summed E-state index contributed by atoms with van der Waals surface area (Å²) < 4.78 is 1.11. The van der Waals surface area contributed by atoms with Crippen molar-refractivity contribution in [1.82, 2.24) is 0 Å². The molecule has 0 bridgehead atoms. The van der Waals surface area contributed by atoms with Gasteiger partial charge in [-0.3, -0.25) is 0 Å². The normalized spacial score (nSPS) is 10.9. The summed E-state index contributed by atoms with van der Waals surface area (Å²) in [6.07, 6.45) is 1.01. The molecule has 2 aromatic rings. The van der Waals surface area contributed by atoms with E-state index in [2.05, 4.69) is 19.6 Å². The highest BCUT2D eigenvalue weighted by molar-refractivity contribution is 7.80. The number of aryl methyl sites for hydroxylation is 1. The van der Waals surface area contributed by atoms with E-state index in [-0.39, 0.29) is 0 Å². The first-order valence-corrected chi connectivity index (χ1v) is 5.41. The van der Waals surface area contributed by atoms with Crippen LogP contribution in [0.3, 0.4) is 0 Å². The Morgan fingerprint density at radius 1 is 1.38 bits per heavy atom. The number of benzene rings is 1. The number of thiophene rings is 1. The highest BCUT2D eigenvalue weighted by Gasteiger charge is 2.05. The molecule has 13 heavy (non-hydrogen) atoms. The van der Waals surface area contributed by atoms with Gasteiger partial charge in [-0.2, -0.15) is 0 Å². The first kappa shape index (κ1) is 8.91. The van der Waals surface area contributed by atoms with Crippen molar-refractivity contribution in [3.63, 3.8) is 0 Å². The maximum absolute atomic E-state index is 9.62. The SMILES string of the molecule is CCc1cc2c(O)cc(S)cc2s1. The van der Waals surface area contributed by atoms with Gasteiger partial charge in [-0.25, -0.2) is 0 Å². The van der Waals surface area contributed by atoms with E-state index < -0.39 is 0 Å². The number of thiol groups is 1. The topological polar surface area (TPSA) is 20.2 Å². The number of phenols is 1. The third-order valence-corrected chi connectivity index (χ3v) is 3.48. The molecule has 1 aromatic carbocycles. The molecule has 1 N–H and O–H groups in total. The fourth-order valence-corrected chi connectivity index (χ4v) is 2.73. The molecule has 1 aromatic heterocycles. The minimum atomic E-state index is 0.332. The Morgan fingerprint density at radius 2 is 2.15 bits per heavy atom. The second-order valence-corrected chi connectivity index (χ2v) is 4.63. The van der Waals surface area contributed by atoms with Crippen LogP contribution in [0.25, 0.3) is 10.1 Å². The van der Waals surface area contributed by atoms with E-state index in [1.165, 1.54) is 4.88 Å². The van der Waals surface area contributed by atoms with Crippen LogP contribution in [0.5, 0.6) is 5.75 Å². The lowest BCUT2D eigenvalue weighted by Crippen LogP contribution is -1.68. The quantitative estimate of drug-likeness (QED) is 0.691. The summed E-state index contributed by atoms with van der Waals surface area (Å²) in [4.78, 5) is 2.11. The van der Waals surface area contributed by atoms with E-state index in [0.29, 0.717) is 5.75 Å². The molecule has 0 radical (unpaired) electrons. The largest absolute Gasteiger partial charge is 0.507 e. The Hall–Kier alpha value is -0.670. The van der Waals surface area contributed by atoms with E-state index in [1.54, 1.807) is 17.4 Å². The molecule has 0 saturated heterocycles. The van der Waals surface area contributed by atoms with Crippen LogP contribution in [0.1, 0.15) is 11.8 Å². The highest BCUT2D eigenvalue weighted by atomic mass is 32.1. The second-order valence-electron chi connectivity index (χ2n) is 2.94. The highest BCUT2D eigenvalue weighted by Crippen LogP contribution is 2.34. The van der Waals surface area contributed by atoms with Gasteiger partial charge in [0, 0.05) is 19.9 Å². The molecule has 1 heterocycles. The molecule has 1 nitrogen and oxygen atoms in total. The minimum absolute atomic E-state index is 0.332. The van der Waals surface area contributed by atoms with Gasteiger partial charge >= 0.3 is 0 Å². The van der Waals surface area contributed by atoms with E-state index in [4.69, 9.17) is 0 Å². The van der Waals surface area contributed by atoms with Crippen molar-refractivity contribution in [1.29, 1.82) is 0 Å². The lowest BCUT2D eigenvalue weighted by atomic mass is 10.2. The lowest BCUT2D eigenvalue weighted by Gasteiger charge is -1.95. The molecule has 0 atom stereocenters. The van der Waals surface area contributed by atoms with Crippen LogP contribution >= 0.6 is 24.0 Å². The van der Waals surface area contributed by atoms with Gasteiger partial charge in [0.2, 0.25) is 0 Å². The summed E-state index contributed by atoms with van der Waals surface area (Å²) in [5.41, 5.74) is 0. The zero-order valence-corrected chi connectivity index (χ0v) is 8.95. The third-order valence-electron chi connectivity index (χ3n) is 2.00. The number of hydrogen-bond donors (Lipinski definition) is 2. The molecule has 0 aliphatic heterocycles. The van der Waals surface area contributed by atoms with Crippen LogP contribution in [0.2, 0.25) is 0 Å². The Labute approximate surface area is 86.4 Å². The van der Waals surface area contributed by atoms with Crippen LogP contribution in [0, 0.1) is 0 Å². The molecule has 68 valence electrons. The zero-order chi connectivity index (χ0) is 9.42. The minimum Gasteiger partial charge on any atom is -0.507 e. The predicted molar refractivity (Wildman–Crippen MR) is 60.1 cm³/mol. The smallest absolute Gasteiger partial charge is 0.125 e. The second kappa shape index (κ2) is 3.24. The van der Waals surface area contributed by atoms with Crippen LogP contribution < -0.4 is 0 Å². The number of phenolic OH excluding ortho intramolecular Hbond substituents is 1. The van der Waals surface area contributed by atoms with Gasteiger partial charge in [0.15, 0.2) is 0 Å². The fraction of sp³-hybridized carbons (Fsp3) is 0.200. The van der Waals surface area contributed by atoms with E-state index in [0.717, 1.165) is 21.4 Å². The van der Waals surface area contributed by atoms with Gasteiger partial charge in [-0.05, 0) is 24.6 Å². The van der Waals surface area contributed by atoms with Crippen molar-refractivity contribution in [2.24, 2.45) is 0 Å². The van der Waals surface area contributed by atoms with Crippen molar-refractivity contribution in [2.45, 2.75) is 18.2 Å². The number of rotatable bonds is 1. The van der Waals surface area contributed by atoms with Gasteiger partial charge < -0.3 is 5.11 Å². The molecule has 0 unspecified atom stereocenters. The Balaban J connectivity index is 2.75. The number of aromatic hydroxyl groups is 1. The molecule has 2 rings (SSSR count). The first-order chi connectivity index (χ1) is 6.20. The van der Waals surface area contributed by atoms with Crippen molar-refractivity contribution in [3.8, 4) is 5.75 Å². The summed E-state index contributed by atoms with van der Waals surface area (Å²) >= 11 is 5.93. The third kappa shape index (κ3) is 1.54. The molecular weight excluding hydrogens is 200 g/mol. The number of fused-ring (bicyclic) bond motifs is 1. The summed E-state index contributed by atoms with van der Waals surface area (Å²) in [6.45, 7) is 2.11. The van der Waals surface area contributed by atoms with Crippen LogP contribution in [0.4, 0.5) is 0 Å². The van der Waals surface area contributed by atoms with Crippen molar-refractivity contribution in [2.75, 3.05) is 0 Å². The predicted octanol–water partition coefficient (Wildman–Crippen LogP) is 3.46. The van der Waals surface area contributed by atoms with Crippen molar-refractivity contribution in [3.05, 3.63) is 23.1 Å². The average Bonchev–Trinajstić information content (AvgIpc) is 2.47. The van der Waals surface area contributed by atoms with Crippen molar-refractivity contribution < 1.29 is 5.11 Å². The van der Waals surface area contributed by atoms with Gasteiger partial charge in [-0.1, -0.05) is 6.92 Å². The Morgan fingerprint density at radius 3 is 2.85 bits per heavy atom. The number of hydrogen-bond acceptors (Lipinski definition) is 3. The first-order valence-electron chi connectivity index (χ1n) is 4.15. The molecule has 0 amide bonds. The zero-order valence-electron chi connectivity index (χ0n) is 7.24. The molecule has 0 fully saturated rings. The average molecular weight is 210 g/mol. The summed E-state index contributed by atoms with van der Waals surface area (Å²) in [6, 6.07) is 5.71.